The van der Waals surface area contributed by atoms with Gasteiger partial charge in [0.2, 0.25) is 0 Å². The van der Waals surface area contributed by atoms with Gasteiger partial charge in [-0.05, 0) is 19.3 Å². The molecule has 0 saturated heterocycles. The van der Waals surface area contributed by atoms with Crippen LogP contribution in [0.5, 0.6) is 0 Å². The molecular formula is C10H17F3O2. The van der Waals surface area contributed by atoms with Gasteiger partial charge in [0.25, 0.3) is 0 Å². The Morgan fingerprint density at radius 3 is 1.73 bits per heavy atom. The topological polar surface area (TPSA) is 26.3 Å². The van der Waals surface area contributed by atoms with Gasteiger partial charge in [0.05, 0.1) is 5.41 Å². The highest BCUT2D eigenvalue weighted by Gasteiger charge is 2.37. The van der Waals surface area contributed by atoms with E-state index < -0.39 is 24.2 Å². The Hall–Kier alpha value is -0.740. The first-order chi connectivity index (χ1) is 6.81. The Labute approximate surface area is 87.8 Å². The molecule has 0 unspecified atom stereocenters. The number of halogens is 3. The van der Waals surface area contributed by atoms with Crippen molar-refractivity contribution >= 4 is 5.97 Å². The van der Waals surface area contributed by atoms with Crippen LogP contribution in [0.2, 0.25) is 0 Å². The Balaban J connectivity index is 4.40. The van der Waals surface area contributed by atoms with E-state index in [0.29, 0.717) is 19.3 Å². The number of alkyl halides is 3. The summed E-state index contributed by atoms with van der Waals surface area (Å²) in [6.07, 6.45) is -2.96. The zero-order valence-electron chi connectivity index (χ0n) is 9.28. The van der Waals surface area contributed by atoms with Crippen molar-refractivity contribution in [1.29, 1.82) is 0 Å². The van der Waals surface area contributed by atoms with Gasteiger partial charge in [0.1, 0.15) is 0 Å². The van der Waals surface area contributed by atoms with Crippen LogP contribution < -0.4 is 0 Å². The van der Waals surface area contributed by atoms with Crippen LogP contribution in [0.4, 0.5) is 13.2 Å². The molecule has 0 heterocycles. The van der Waals surface area contributed by atoms with Crippen LogP contribution in [0.1, 0.15) is 40.0 Å². The van der Waals surface area contributed by atoms with Gasteiger partial charge in [-0.2, -0.15) is 13.2 Å². The molecule has 0 saturated carbocycles. The monoisotopic (exact) mass is 226 g/mol. The largest absolute Gasteiger partial charge is 0.456 e. The zero-order chi connectivity index (χ0) is 12.1. The van der Waals surface area contributed by atoms with Crippen molar-refractivity contribution in [2.75, 3.05) is 6.61 Å². The first-order valence-corrected chi connectivity index (χ1v) is 5.05. The number of rotatable bonds is 5. The summed E-state index contributed by atoms with van der Waals surface area (Å²) < 4.78 is 39.8. The highest BCUT2D eigenvalue weighted by atomic mass is 19.4. The Morgan fingerprint density at radius 2 is 1.47 bits per heavy atom. The number of carbonyl (C=O) groups excluding carboxylic acids is 1. The Morgan fingerprint density at radius 1 is 1.07 bits per heavy atom. The molecule has 2 nitrogen and oxygen atoms in total. The van der Waals surface area contributed by atoms with Gasteiger partial charge >= 0.3 is 12.1 Å². The quantitative estimate of drug-likeness (QED) is 0.672. The van der Waals surface area contributed by atoms with Crippen LogP contribution in [0, 0.1) is 5.41 Å². The summed E-state index contributed by atoms with van der Waals surface area (Å²) in [6.45, 7) is 3.85. The van der Waals surface area contributed by atoms with Crippen molar-refractivity contribution in [3.8, 4) is 0 Å². The molecule has 0 aliphatic rings. The number of esters is 1. The molecule has 0 aliphatic heterocycles. The number of ether oxygens (including phenoxy) is 1. The van der Waals surface area contributed by atoms with Crippen molar-refractivity contribution < 1.29 is 22.7 Å². The summed E-state index contributed by atoms with van der Waals surface area (Å²) in [5.41, 5.74) is -0.759. The third-order valence-corrected chi connectivity index (χ3v) is 2.83. The number of hydrogen-bond acceptors (Lipinski definition) is 2. The zero-order valence-corrected chi connectivity index (χ0v) is 9.28. The Kier molecular flexibility index (Phi) is 5.11. The lowest BCUT2D eigenvalue weighted by Gasteiger charge is -2.27. The van der Waals surface area contributed by atoms with Crippen molar-refractivity contribution in [3.05, 3.63) is 0 Å². The molecule has 90 valence electrons. The van der Waals surface area contributed by atoms with Crippen LogP contribution in [-0.4, -0.2) is 18.8 Å². The van der Waals surface area contributed by atoms with Crippen LogP contribution in [0.15, 0.2) is 0 Å². The Bertz CT molecular complexity index is 199. The van der Waals surface area contributed by atoms with Crippen molar-refractivity contribution in [2.24, 2.45) is 5.41 Å². The van der Waals surface area contributed by atoms with Gasteiger partial charge < -0.3 is 4.74 Å². The normalized spacial score (nSPS) is 12.7. The van der Waals surface area contributed by atoms with Gasteiger partial charge in [-0.25, -0.2) is 0 Å². The van der Waals surface area contributed by atoms with E-state index in [1.807, 2.05) is 0 Å². The summed E-state index contributed by atoms with van der Waals surface area (Å²) in [5, 5.41) is 0. The minimum absolute atomic E-state index is 0.497. The molecule has 0 aromatic rings. The second kappa shape index (κ2) is 5.37. The molecule has 0 bridgehead atoms. The van der Waals surface area contributed by atoms with Gasteiger partial charge in [0.15, 0.2) is 6.61 Å². The first-order valence-electron chi connectivity index (χ1n) is 5.05. The van der Waals surface area contributed by atoms with Gasteiger partial charge in [-0.3, -0.25) is 4.79 Å². The fourth-order valence-electron chi connectivity index (χ4n) is 1.48. The van der Waals surface area contributed by atoms with Crippen molar-refractivity contribution in [2.45, 2.75) is 46.2 Å². The predicted molar refractivity (Wildman–Crippen MR) is 50.3 cm³/mol. The average molecular weight is 226 g/mol. The maximum Gasteiger partial charge on any atom is 0.422 e. The molecular weight excluding hydrogens is 209 g/mol. The number of carbonyl (C=O) groups is 1. The predicted octanol–water partition coefficient (Wildman–Crippen LogP) is 3.31. The van der Waals surface area contributed by atoms with Crippen LogP contribution in [0.25, 0.3) is 0 Å². The SMILES string of the molecule is CCC(CC)(CC)C(=O)OCC(F)(F)F. The minimum atomic E-state index is -4.45. The summed E-state index contributed by atoms with van der Waals surface area (Å²) in [6, 6.07) is 0. The van der Waals surface area contributed by atoms with Crippen LogP contribution in [0.3, 0.4) is 0 Å². The minimum Gasteiger partial charge on any atom is -0.456 e. The van der Waals surface area contributed by atoms with E-state index in [1.165, 1.54) is 0 Å². The molecule has 0 radical (unpaired) electrons. The fourth-order valence-corrected chi connectivity index (χ4v) is 1.48. The van der Waals surface area contributed by atoms with E-state index in [1.54, 1.807) is 20.8 Å². The molecule has 0 aromatic heterocycles. The lowest BCUT2D eigenvalue weighted by molar-refractivity contribution is -0.194. The first kappa shape index (κ1) is 14.3. The summed E-state index contributed by atoms with van der Waals surface area (Å²) in [7, 11) is 0. The highest BCUT2D eigenvalue weighted by molar-refractivity contribution is 5.76. The molecule has 5 heteroatoms. The molecule has 0 spiro atoms. The standard InChI is InChI=1S/C10H17F3O2/c1-4-9(5-2,6-3)8(14)15-7-10(11,12)13/h4-7H2,1-3H3. The fraction of sp³-hybridized carbons (Fsp3) is 0.900. The highest BCUT2D eigenvalue weighted by Crippen LogP contribution is 2.32. The second-order valence-electron chi connectivity index (χ2n) is 3.53. The van der Waals surface area contributed by atoms with E-state index in [-0.39, 0.29) is 0 Å². The van der Waals surface area contributed by atoms with E-state index in [2.05, 4.69) is 4.74 Å². The molecule has 15 heavy (non-hydrogen) atoms. The van der Waals surface area contributed by atoms with Gasteiger partial charge in [-0.1, -0.05) is 20.8 Å². The van der Waals surface area contributed by atoms with Crippen molar-refractivity contribution in [1.82, 2.24) is 0 Å². The smallest absolute Gasteiger partial charge is 0.422 e. The lowest BCUT2D eigenvalue weighted by atomic mass is 9.80. The van der Waals surface area contributed by atoms with E-state index in [4.69, 9.17) is 0 Å². The van der Waals surface area contributed by atoms with Crippen LogP contribution >= 0.6 is 0 Å². The maximum atomic E-state index is 11.8. The maximum absolute atomic E-state index is 11.8. The second-order valence-corrected chi connectivity index (χ2v) is 3.53. The third-order valence-electron chi connectivity index (χ3n) is 2.83. The lowest BCUT2D eigenvalue weighted by Crippen LogP contribution is -2.33. The van der Waals surface area contributed by atoms with Crippen molar-refractivity contribution in [3.63, 3.8) is 0 Å². The van der Waals surface area contributed by atoms with Gasteiger partial charge in [-0.15, -0.1) is 0 Å². The summed E-state index contributed by atoms with van der Waals surface area (Å²) >= 11 is 0. The molecule has 0 N–H and O–H groups in total. The summed E-state index contributed by atoms with van der Waals surface area (Å²) in [4.78, 5) is 11.5. The average Bonchev–Trinajstić information content (AvgIpc) is 2.17. The number of hydrogen-bond donors (Lipinski definition) is 0. The molecule has 0 fully saturated rings. The molecule has 0 rings (SSSR count). The van der Waals surface area contributed by atoms with Crippen LogP contribution in [-0.2, 0) is 9.53 Å². The van der Waals surface area contributed by atoms with E-state index >= 15 is 0 Å². The van der Waals surface area contributed by atoms with E-state index in [0.717, 1.165) is 0 Å². The third kappa shape index (κ3) is 4.10. The van der Waals surface area contributed by atoms with E-state index in [9.17, 15) is 18.0 Å². The molecule has 0 aromatic carbocycles. The molecule has 0 aliphatic carbocycles. The van der Waals surface area contributed by atoms with Gasteiger partial charge in [0, 0.05) is 0 Å². The molecule has 0 atom stereocenters. The molecule has 0 amide bonds. The summed E-state index contributed by atoms with van der Waals surface area (Å²) in [5.74, 6) is -0.743.